The van der Waals surface area contributed by atoms with E-state index in [4.69, 9.17) is 12.2 Å². The summed E-state index contributed by atoms with van der Waals surface area (Å²) in [6.07, 6.45) is 6.58. The van der Waals surface area contributed by atoms with Gasteiger partial charge < -0.3 is 4.98 Å². The molecular formula is C11H16N2S. The number of hydrogen-bond acceptors (Lipinski definition) is 2. The molecule has 14 heavy (non-hydrogen) atoms. The SMILES string of the molecule is Cc1cc(=S)nc(C2CCCCC2)[nH]1. The summed E-state index contributed by atoms with van der Waals surface area (Å²) in [7, 11) is 0. The molecule has 3 heteroatoms. The van der Waals surface area contributed by atoms with Gasteiger partial charge in [0.1, 0.15) is 10.5 Å². The van der Waals surface area contributed by atoms with Crippen molar-refractivity contribution in [2.45, 2.75) is 44.9 Å². The minimum Gasteiger partial charge on any atom is -0.347 e. The van der Waals surface area contributed by atoms with Crippen molar-refractivity contribution in [3.63, 3.8) is 0 Å². The number of aromatic nitrogens is 2. The molecule has 1 fully saturated rings. The molecule has 0 amide bonds. The standard InChI is InChI=1S/C11H16N2S/c1-8-7-10(14)13-11(12-8)9-5-3-2-4-6-9/h7,9H,2-6H2,1H3,(H,12,13,14). The highest BCUT2D eigenvalue weighted by molar-refractivity contribution is 7.71. The van der Waals surface area contributed by atoms with Crippen molar-refractivity contribution < 1.29 is 0 Å². The van der Waals surface area contributed by atoms with Crippen LogP contribution < -0.4 is 0 Å². The fourth-order valence-corrected chi connectivity index (χ4v) is 2.45. The highest BCUT2D eigenvalue weighted by Crippen LogP contribution is 2.30. The largest absolute Gasteiger partial charge is 0.347 e. The molecule has 0 saturated heterocycles. The molecule has 0 bridgehead atoms. The monoisotopic (exact) mass is 208 g/mol. The van der Waals surface area contributed by atoms with Gasteiger partial charge in [0.15, 0.2) is 0 Å². The zero-order valence-corrected chi connectivity index (χ0v) is 9.36. The predicted octanol–water partition coefficient (Wildman–Crippen LogP) is 3.50. The summed E-state index contributed by atoms with van der Waals surface area (Å²) >= 11 is 5.13. The second-order valence-electron chi connectivity index (χ2n) is 4.12. The van der Waals surface area contributed by atoms with Gasteiger partial charge in [-0.05, 0) is 25.8 Å². The Labute approximate surface area is 89.8 Å². The lowest BCUT2D eigenvalue weighted by Crippen LogP contribution is -2.09. The molecule has 1 heterocycles. The maximum absolute atomic E-state index is 5.13. The van der Waals surface area contributed by atoms with E-state index in [9.17, 15) is 0 Å². The van der Waals surface area contributed by atoms with Crippen molar-refractivity contribution in [3.8, 4) is 0 Å². The zero-order chi connectivity index (χ0) is 9.97. The van der Waals surface area contributed by atoms with Crippen LogP contribution in [0.25, 0.3) is 0 Å². The lowest BCUT2D eigenvalue weighted by molar-refractivity contribution is 0.427. The zero-order valence-electron chi connectivity index (χ0n) is 8.55. The average molecular weight is 208 g/mol. The van der Waals surface area contributed by atoms with Crippen LogP contribution in [-0.4, -0.2) is 9.97 Å². The van der Waals surface area contributed by atoms with Crippen LogP contribution in [0.5, 0.6) is 0 Å². The van der Waals surface area contributed by atoms with Crippen LogP contribution >= 0.6 is 12.2 Å². The Bertz CT molecular complexity index is 364. The normalized spacial score (nSPS) is 18.4. The van der Waals surface area contributed by atoms with Crippen LogP contribution in [-0.2, 0) is 0 Å². The molecule has 1 aromatic heterocycles. The molecule has 0 aliphatic heterocycles. The van der Waals surface area contributed by atoms with E-state index < -0.39 is 0 Å². The summed E-state index contributed by atoms with van der Waals surface area (Å²) in [6.45, 7) is 2.05. The summed E-state index contributed by atoms with van der Waals surface area (Å²) < 4.78 is 0.724. The fraction of sp³-hybridized carbons (Fsp3) is 0.636. The number of nitrogens with zero attached hydrogens (tertiary/aromatic N) is 1. The number of hydrogen-bond donors (Lipinski definition) is 1. The highest BCUT2D eigenvalue weighted by Gasteiger charge is 2.17. The van der Waals surface area contributed by atoms with Gasteiger partial charge in [0.25, 0.3) is 0 Å². The molecular weight excluding hydrogens is 192 g/mol. The van der Waals surface area contributed by atoms with E-state index in [0.29, 0.717) is 5.92 Å². The summed E-state index contributed by atoms with van der Waals surface area (Å²) in [5.74, 6) is 1.72. The van der Waals surface area contributed by atoms with Gasteiger partial charge in [0, 0.05) is 11.6 Å². The first-order valence-electron chi connectivity index (χ1n) is 5.33. The van der Waals surface area contributed by atoms with Crippen LogP contribution in [0.1, 0.15) is 49.5 Å². The maximum atomic E-state index is 5.13. The maximum Gasteiger partial charge on any atom is 0.129 e. The number of H-pyrrole nitrogens is 1. The number of aromatic amines is 1. The molecule has 1 aromatic rings. The van der Waals surface area contributed by atoms with Crippen molar-refractivity contribution in [1.29, 1.82) is 0 Å². The van der Waals surface area contributed by atoms with E-state index in [0.717, 1.165) is 16.2 Å². The van der Waals surface area contributed by atoms with Crippen LogP contribution in [0.2, 0.25) is 0 Å². The molecule has 0 aromatic carbocycles. The van der Waals surface area contributed by atoms with Crippen molar-refractivity contribution >= 4 is 12.2 Å². The Hall–Kier alpha value is -0.700. The van der Waals surface area contributed by atoms with E-state index in [-0.39, 0.29) is 0 Å². The summed E-state index contributed by atoms with van der Waals surface area (Å²) in [6, 6.07) is 1.92. The highest BCUT2D eigenvalue weighted by atomic mass is 32.1. The molecule has 1 aliphatic rings. The lowest BCUT2D eigenvalue weighted by Gasteiger charge is -2.20. The van der Waals surface area contributed by atoms with Crippen molar-refractivity contribution in [1.82, 2.24) is 9.97 Å². The third kappa shape index (κ3) is 2.21. The molecule has 2 rings (SSSR count). The van der Waals surface area contributed by atoms with E-state index in [1.807, 2.05) is 13.0 Å². The van der Waals surface area contributed by atoms with Crippen molar-refractivity contribution in [3.05, 3.63) is 22.2 Å². The first kappa shape index (κ1) is 9.84. The van der Waals surface area contributed by atoms with Gasteiger partial charge in [-0.2, -0.15) is 0 Å². The smallest absolute Gasteiger partial charge is 0.129 e. The Morgan fingerprint density at radius 2 is 2.07 bits per heavy atom. The number of nitrogens with one attached hydrogen (secondary N) is 1. The number of aryl methyl sites for hydroxylation is 1. The first-order valence-corrected chi connectivity index (χ1v) is 5.74. The molecule has 0 unspecified atom stereocenters. The molecule has 0 spiro atoms. The third-order valence-electron chi connectivity index (χ3n) is 2.89. The fourth-order valence-electron chi connectivity index (χ4n) is 2.17. The van der Waals surface area contributed by atoms with Crippen molar-refractivity contribution in [2.75, 3.05) is 0 Å². The summed E-state index contributed by atoms with van der Waals surface area (Å²) in [4.78, 5) is 7.76. The third-order valence-corrected chi connectivity index (χ3v) is 3.10. The van der Waals surface area contributed by atoms with E-state index in [1.165, 1.54) is 32.1 Å². The quantitative estimate of drug-likeness (QED) is 0.716. The molecule has 2 nitrogen and oxygen atoms in total. The Kier molecular flexibility index (Phi) is 2.96. The van der Waals surface area contributed by atoms with Gasteiger partial charge >= 0.3 is 0 Å². The van der Waals surface area contributed by atoms with E-state index in [2.05, 4.69) is 9.97 Å². The van der Waals surface area contributed by atoms with E-state index in [1.54, 1.807) is 0 Å². The van der Waals surface area contributed by atoms with Gasteiger partial charge in [0.2, 0.25) is 0 Å². The molecule has 1 aliphatic carbocycles. The van der Waals surface area contributed by atoms with Gasteiger partial charge in [0.05, 0.1) is 0 Å². The van der Waals surface area contributed by atoms with Gasteiger partial charge in [-0.1, -0.05) is 31.5 Å². The second-order valence-corrected chi connectivity index (χ2v) is 4.54. The van der Waals surface area contributed by atoms with Gasteiger partial charge in [-0.25, -0.2) is 4.98 Å². The molecule has 0 radical (unpaired) electrons. The first-order chi connectivity index (χ1) is 6.75. The molecule has 76 valence electrons. The Balaban J connectivity index is 2.26. The lowest BCUT2D eigenvalue weighted by atomic mass is 9.89. The second kappa shape index (κ2) is 4.22. The minimum atomic E-state index is 0.616. The molecule has 1 saturated carbocycles. The topological polar surface area (TPSA) is 28.7 Å². The Morgan fingerprint density at radius 1 is 1.36 bits per heavy atom. The van der Waals surface area contributed by atoms with Crippen LogP contribution in [0.3, 0.4) is 0 Å². The van der Waals surface area contributed by atoms with Gasteiger partial charge in [-0.3, -0.25) is 0 Å². The molecule has 1 N–H and O–H groups in total. The van der Waals surface area contributed by atoms with Crippen LogP contribution in [0, 0.1) is 11.6 Å². The van der Waals surface area contributed by atoms with Crippen LogP contribution in [0.15, 0.2) is 6.07 Å². The van der Waals surface area contributed by atoms with Crippen LogP contribution in [0.4, 0.5) is 0 Å². The summed E-state index contributed by atoms with van der Waals surface area (Å²) in [5.41, 5.74) is 1.13. The minimum absolute atomic E-state index is 0.616. The van der Waals surface area contributed by atoms with Crippen molar-refractivity contribution in [2.24, 2.45) is 0 Å². The van der Waals surface area contributed by atoms with Gasteiger partial charge in [-0.15, -0.1) is 0 Å². The Morgan fingerprint density at radius 3 is 2.71 bits per heavy atom. The summed E-state index contributed by atoms with van der Waals surface area (Å²) in [5, 5.41) is 0. The molecule has 0 atom stereocenters. The van der Waals surface area contributed by atoms with E-state index >= 15 is 0 Å². The number of rotatable bonds is 1. The predicted molar refractivity (Wildman–Crippen MR) is 60.0 cm³/mol. The average Bonchev–Trinajstić information content (AvgIpc) is 2.18.